The van der Waals surface area contributed by atoms with Gasteiger partial charge >= 0.3 is 0 Å². The van der Waals surface area contributed by atoms with Crippen molar-refractivity contribution in [1.29, 1.82) is 0 Å². The van der Waals surface area contributed by atoms with E-state index in [4.69, 9.17) is 0 Å². The summed E-state index contributed by atoms with van der Waals surface area (Å²) in [4.78, 5) is 15.8. The lowest BCUT2D eigenvalue weighted by molar-refractivity contribution is 0.628. The van der Waals surface area contributed by atoms with Crippen molar-refractivity contribution in [2.45, 2.75) is 13.8 Å². The molecule has 28 heavy (non-hydrogen) atoms. The quantitative estimate of drug-likeness (QED) is 0.530. The van der Waals surface area contributed by atoms with Crippen LogP contribution in [-0.2, 0) is 0 Å². The number of hydrogen-bond acceptors (Lipinski definition) is 8. The monoisotopic (exact) mass is 392 g/mol. The molecule has 0 aliphatic carbocycles. The fourth-order valence-corrected chi connectivity index (χ4v) is 4.41. The summed E-state index contributed by atoms with van der Waals surface area (Å²) in [5.74, 6) is 1.80. The Hall–Kier alpha value is -3.07. The van der Waals surface area contributed by atoms with Crippen LogP contribution in [0.25, 0.3) is 15.9 Å². The third-order valence-electron chi connectivity index (χ3n) is 5.03. The molecule has 0 unspecified atom stereocenters. The van der Waals surface area contributed by atoms with Crippen LogP contribution >= 0.6 is 11.3 Å². The van der Waals surface area contributed by atoms with Gasteiger partial charge in [0.2, 0.25) is 5.95 Å². The van der Waals surface area contributed by atoms with Crippen molar-refractivity contribution in [2.75, 3.05) is 36.0 Å². The number of aryl methyl sites for hydroxylation is 2. The van der Waals surface area contributed by atoms with Gasteiger partial charge in [-0.1, -0.05) is 22.8 Å². The van der Waals surface area contributed by atoms with Gasteiger partial charge in [0.05, 0.1) is 11.1 Å². The third-order valence-corrected chi connectivity index (χ3v) is 5.98. The van der Waals surface area contributed by atoms with Crippen LogP contribution in [0.15, 0.2) is 36.7 Å². The minimum Gasteiger partial charge on any atom is -0.352 e. The van der Waals surface area contributed by atoms with Gasteiger partial charge in [-0.3, -0.25) is 0 Å². The van der Waals surface area contributed by atoms with Gasteiger partial charge in [-0.2, -0.15) is 4.68 Å². The average Bonchev–Trinajstić information content (AvgIpc) is 3.34. The van der Waals surface area contributed by atoms with Crippen molar-refractivity contribution in [2.24, 2.45) is 0 Å². The van der Waals surface area contributed by atoms with E-state index >= 15 is 0 Å². The molecule has 0 N–H and O–H groups in total. The molecule has 142 valence electrons. The topological polar surface area (TPSA) is 75.9 Å². The smallest absolute Gasteiger partial charge is 0.250 e. The van der Waals surface area contributed by atoms with Crippen molar-refractivity contribution in [3.8, 4) is 5.69 Å². The first-order chi connectivity index (χ1) is 13.7. The lowest BCUT2D eigenvalue weighted by Gasteiger charge is -2.35. The fourth-order valence-electron chi connectivity index (χ4n) is 3.57. The molecule has 4 aromatic rings. The molecule has 3 aromatic heterocycles. The van der Waals surface area contributed by atoms with Crippen LogP contribution in [0.4, 0.5) is 11.8 Å². The predicted octanol–water partition coefficient (Wildman–Crippen LogP) is 2.61. The van der Waals surface area contributed by atoms with Crippen LogP contribution in [0.1, 0.15) is 10.4 Å². The molecule has 0 atom stereocenters. The first-order valence-corrected chi connectivity index (χ1v) is 10.1. The van der Waals surface area contributed by atoms with Crippen LogP contribution in [0.5, 0.6) is 0 Å². The summed E-state index contributed by atoms with van der Waals surface area (Å²) in [7, 11) is 0. The summed E-state index contributed by atoms with van der Waals surface area (Å²) in [5, 5.41) is 13.5. The number of piperazine rings is 1. The molecule has 0 radical (unpaired) electrons. The molecule has 1 aliphatic heterocycles. The zero-order valence-corrected chi connectivity index (χ0v) is 16.6. The number of fused-ring (bicyclic) bond motifs is 1. The first-order valence-electron chi connectivity index (χ1n) is 9.25. The van der Waals surface area contributed by atoms with Crippen LogP contribution in [0, 0.1) is 13.8 Å². The van der Waals surface area contributed by atoms with Gasteiger partial charge in [-0.15, -0.1) is 11.3 Å². The fraction of sp³-hybridized carbons (Fsp3) is 0.316. The highest BCUT2D eigenvalue weighted by molar-refractivity contribution is 7.18. The third kappa shape index (κ3) is 2.97. The zero-order valence-electron chi connectivity index (χ0n) is 15.8. The Morgan fingerprint density at radius 2 is 1.68 bits per heavy atom. The maximum atomic E-state index is 4.56. The molecular weight excluding hydrogens is 372 g/mol. The minimum atomic E-state index is 0.780. The van der Waals surface area contributed by atoms with E-state index in [0.717, 1.165) is 53.8 Å². The van der Waals surface area contributed by atoms with Gasteiger partial charge in [0.15, 0.2) is 0 Å². The van der Waals surface area contributed by atoms with Crippen LogP contribution < -0.4 is 9.80 Å². The summed E-state index contributed by atoms with van der Waals surface area (Å²) < 4.78 is 1.81. The molecule has 5 rings (SSSR count). The predicted molar refractivity (Wildman–Crippen MR) is 110 cm³/mol. The molecule has 1 aliphatic rings. The maximum Gasteiger partial charge on any atom is 0.250 e. The second kappa shape index (κ2) is 6.83. The van der Waals surface area contributed by atoms with E-state index in [9.17, 15) is 0 Å². The lowest BCUT2D eigenvalue weighted by Crippen LogP contribution is -2.47. The van der Waals surface area contributed by atoms with E-state index in [-0.39, 0.29) is 0 Å². The van der Waals surface area contributed by atoms with Crippen molar-refractivity contribution in [3.63, 3.8) is 0 Å². The number of tetrazole rings is 1. The Bertz CT molecular complexity index is 1110. The normalized spacial score (nSPS) is 14.8. The Morgan fingerprint density at radius 3 is 2.46 bits per heavy atom. The molecular formula is C19H20N8S. The molecule has 0 amide bonds. The maximum absolute atomic E-state index is 4.56. The Morgan fingerprint density at radius 1 is 0.929 bits per heavy atom. The Balaban J connectivity index is 1.37. The summed E-state index contributed by atoms with van der Waals surface area (Å²) in [5.41, 5.74) is 2.19. The summed E-state index contributed by atoms with van der Waals surface area (Å²) in [6.07, 6.45) is 1.66. The Labute approximate surface area is 166 Å². The summed E-state index contributed by atoms with van der Waals surface area (Å²) >= 11 is 1.71. The van der Waals surface area contributed by atoms with Gasteiger partial charge in [-0.25, -0.2) is 9.97 Å². The van der Waals surface area contributed by atoms with Crippen molar-refractivity contribution >= 4 is 33.3 Å². The van der Waals surface area contributed by atoms with Crippen LogP contribution in [0.3, 0.4) is 0 Å². The van der Waals surface area contributed by atoms with E-state index in [1.807, 2.05) is 12.1 Å². The molecule has 0 spiro atoms. The van der Waals surface area contributed by atoms with Crippen molar-refractivity contribution in [1.82, 2.24) is 30.2 Å². The molecule has 9 heteroatoms. The molecule has 1 fully saturated rings. The molecule has 0 saturated carbocycles. The number of thiophene rings is 1. The number of hydrogen-bond donors (Lipinski definition) is 0. The van der Waals surface area contributed by atoms with Crippen molar-refractivity contribution < 1.29 is 0 Å². The van der Waals surface area contributed by atoms with Gasteiger partial charge in [0.1, 0.15) is 17.0 Å². The SMILES string of the molecule is Cc1ccc(-n2nnnc2N2CCN(c3ncnc4sc(C)cc34)CC2)cc1. The molecule has 0 bridgehead atoms. The number of anilines is 2. The molecule has 8 nitrogen and oxygen atoms in total. The lowest BCUT2D eigenvalue weighted by atomic mass is 10.2. The minimum absolute atomic E-state index is 0.780. The van der Waals surface area contributed by atoms with Crippen LogP contribution in [0.2, 0.25) is 0 Å². The number of rotatable bonds is 3. The van der Waals surface area contributed by atoms with Crippen molar-refractivity contribution in [3.05, 3.63) is 47.1 Å². The number of aromatic nitrogens is 6. The molecule has 1 saturated heterocycles. The second-order valence-electron chi connectivity index (χ2n) is 6.97. The largest absolute Gasteiger partial charge is 0.352 e. The van der Waals surface area contributed by atoms with Gasteiger partial charge in [-0.05, 0) is 42.5 Å². The summed E-state index contributed by atoms with van der Waals surface area (Å²) in [6, 6.07) is 10.4. The van der Waals surface area contributed by atoms with Gasteiger partial charge < -0.3 is 9.80 Å². The van der Waals surface area contributed by atoms with E-state index in [0.29, 0.717) is 0 Å². The highest BCUT2D eigenvalue weighted by atomic mass is 32.1. The highest BCUT2D eigenvalue weighted by Gasteiger charge is 2.24. The number of nitrogens with zero attached hydrogens (tertiary/aromatic N) is 8. The Kier molecular flexibility index (Phi) is 4.16. The van der Waals surface area contributed by atoms with Gasteiger partial charge in [0.25, 0.3) is 0 Å². The number of benzene rings is 1. The van der Waals surface area contributed by atoms with E-state index < -0.39 is 0 Å². The van der Waals surface area contributed by atoms with Crippen LogP contribution in [-0.4, -0.2) is 56.4 Å². The summed E-state index contributed by atoms with van der Waals surface area (Å²) in [6.45, 7) is 7.58. The van der Waals surface area contributed by atoms with E-state index in [1.54, 1.807) is 22.3 Å². The standard InChI is InChI=1S/C19H20N8S/c1-13-3-5-15(6-4-13)27-19(22-23-24-27)26-9-7-25(8-10-26)17-16-11-14(2)28-18(16)21-12-20-17/h3-6,11-12H,7-10H2,1-2H3. The molecule has 4 heterocycles. The second-order valence-corrected chi connectivity index (χ2v) is 8.21. The molecule has 1 aromatic carbocycles. The first kappa shape index (κ1) is 17.1. The van der Waals surface area contributed by atoms with E-state index in [2.05, 4.69) is 67.3 Å². The van der Waals surface area contributed by atoms with Gasteiger partial charge in [0, 0.05) is 31.1 Å². The average molecular weight is 392 g/mol. The van der Waals surface area contributed by atoms with E-state index in [1.165, 1.54) is 10.4 Å². The highest BCUT2D eigenvalue weighted by Crippen LogP contribution is 2.30. The zero-order chi connectivity index (χ0) is 19.1.